The quantitative estimate of drug-likeness (QED) is 0.543. The van der Waals surface area contributed by atoms with Crippen molar-refractivity contribution in [3.8, 4) is 0 Å². The van der Waals surface area contributed by atoms with Crippen LogP contribution in [-0.2, 0) is 0 Å². The summed E-state index contributed by atoms with van der Waals surface area (Å²) in [7, 11) is 0. The Labute approximate surface area is 59.6 Å². The standard InChI is InChI=1S/C7H7N3/c1-6(8-2)7-5-9-3-4-10-7/h3-6H,1H3. The molecule has 0 radical (unpaired) electrons. The minimum atomic E-state index is -0.173. The molecule has 0 aromatic carbocycles. The van der Waals surface area contributed by atoms with Crippen molar-refractivity contribution in [2.75, 3.05) is 0 Å². The van der Waals surface area contributed by atoms with Crippen LogP contribution in [0.15, 0.2) is 18.6 Å². The molecule has 3 nitrogen and oxygen atoms in total. The highest BCUT2D eigenvalue weighted by molar-refractivity contribution is 5.04. The molecule has 0 saturated carbocycles. The Kier molecular flexibility index (Phi) is 1.96. The minimum Gasteiger partial charge on any atom is -0.307 e. The van der Waals surface area contributed by atoms with Gasteiger partial charge in [0.05, 0.1) is 6.20 Å². The number of aromatic nitrogens is 2. The van der Waals surface area contributed by atoms with E-state index in [9.17, 15) is 0 Å². The van der Waals surface area contributed by atoms with Crippen molar-refractivity contribution >= 4 is 0 Å². The van der Waals surface area contributed by atoms with E-state index in [1.807, 2.05) is 0 Å². The highest BCUT2D eigenvalue weighted by atomic mass is 14.8. The van der Waals surface area contributed by atoms with Gasteiger partial charge in [0, 0.05) is 19.3 Å². The van der Waals surface area contributed by atoms with Gasteiger partial charge in [0.15, 0.2) is 0 Å². The molecule has 1 heterocycles. The van der Waals surface area contributed by atoms with Crippen molar-refractivity contribution in [1.29, 1.82) is 0 Å². The first-order valence-electron chi connectivity index (χ1n) is 2.97. The topological polar surface area (TPSA) is 30.1 Å². The van der Waals surface area contributed by atoms with Gasteiger partial charge in [-0.15, -0.1) is 0 Å². The van der Waals surface area contributed by atoms with Gasteiger partial charge in [-0.05, 0) is 0 Å². The Morgan fingerprint density at radius 1 is 1.60 bits per heavy atom. The van der Waals surface area contributed by atoms with E-state index in [4.69, 9.17) is 6.57 Å². The molecule has 0 bridgehead atoms. The molecular weight excluding hydrogens is 126 g/mol. The van der Waals surface area contributed by atoms with Crippen LogP contribution in [0.2, 0.25) is 0 Å². The Balaban J connectivity index is 2.88. The third-order valence-electron chi connectivity index (χ3n) is 1.20. The molecule has 0 amide bonds. The number of rotatable bonds is 1. The van der Waals surface area contributed by atoms with Gasteiger partial charge in [0.1, 0.15) is 5.69 Å². The summed E-state index contributed by atoms with van der Waals surface area (Å²) in [6, 6.07) is -0.173. The predicted octanol–water partition coefficient (Wildman–Crippen LogP) is 1.46. The fourth-order valence-corrected chi connectivity index (χ4v) is 0.592. The fourth-order valence-electron chi connectivity index (χ4n) is 0.592. The lowest BCUT2D eigenvalue weighted by Crippen LogP contribution is -1.91. The van der Waals surface area contributed by atoms with E-state index in [0.29, 0.717) is 0 Å². The number of hydrogen-bond donors (Lipinski definition) is 0. The SMILES string of the molecule is [C-]#[N+]C(C)c1cnccn1. The molecule has 0 aliphatic rings. The number of hydrogen-bond acceptors (Lipinski definition) is 2. The van der Waals surface area contributed by atoms with Gasteiger partial charge in [0.2, 0.25) is 0 Å². The van der Waals surface area contributed by atoms with E-state index in [1.54, 1.807) is 25.5 Å². The number of nitrogens with zero attached hydrogens (tertiary/aromatic N) is 3. The van der Waals surface area contributed by atoms with Gasteiger partial charge in [-0.25, -0.2) is 11.6 Å². The molecule has 1 unspecified atom stereocenters. The van der Waals surface area contributed by atoms with Crippen LogP contribution < -0.4 is 0 Å². The van der Waals surface area contributed by atoms with Crippen LogP contribution in [0.4, 0.5) is 0 Å². The van der Waals surface area contributed by atoms with E-state index in [0.717, 1.165) is 5.69 Å². The largest absolute Gasteiger partial charge is 0.307 e. The smallest absolute Gasteiger partial charge is 0.264 e. The summed E-state index contributed by atoms with van der Waals surface area (Å²) in [4.78, 5) is 11.1. The normalized spacial score (nSPS) is 12.0. The lowest BCUT2D eigenvalue weighted by atomic mass is 10.3. The van der Waals surface area contributed by atoms with E-state index >= 15 is 0 Å². The van der Waals surface area contributed by atoms with E-state index in [1.165, 1.54) is 0 Å². The molecular formula is C7H7N3. The Morgan fingerprint density at radius 3 is 2.90 bits per heavy atom. The highest BCUT2D eigenvalue weighted by Crippen LogP contribution is 2.10. The van der Waals surface area contributed by atoms with Gasteiger partial charge < -0.3 is 4.85 Å². The Hall–Kier alpha value is -1.43. The maximum absolute atomic E-state index is 6.70. The third kappa shape index (κ3) is 1.29. The van der Waals surface area contributed by atoms with Crippen LogP contribution >= 0.6 is 0 Å². The highest BCUT2D eigenvalue weighted by Gasteiger charge is 2.07. The molecule has 10 heavy (non-hydrogen) atoms. The maximum Gasteiger partial charge on any atom is 0.264 e. The van der Waals surface area contributed by atoms with Crippen molar-refractivity contribution in [2.45, 2.75) is 13.0 Å². The molecule has 0 N–H and O–H groups in total. The van der Waals surface area contributed by atoms with Crippen LogP contribution in [0.3, 0.4) is 0 Å². The second-order valence-corrected chi connectivity index (χ2v) is 1.94. The van der Waals surface area contributed by atoms with Crippen LogP contribution in [0.1, 0.15) is 18.7 Å². The summed E-state index contributed by atoms with van der Waals surface area (Å²) in [6.07, 6.45) is 4.81. The minimum absolute atomic E-state index is 0.173. The van der Waals surface area contributed by atoms with Crippen LogP contribution in [0.25, 0.3) is 4.85 Å². The molecule has 1 atom stereocenters. The monoisotopic (exact) mass is 133 g/mol. The molecule has 50 valence electrons. The molecule has 1 aromatic rings. The zero-order valence-corrected chi connectivity index (χ0v) is 5.65. The van der Waals surface area contributed by atoms with E-state index < -0.39 is 0 Å². The molecule has 1 rings (SSSR count). The van der Waals surface area contributed by atoms with Crippen molar-refractivity contribution in [3.63, 3.8) is 0 Å². The van der Waals surface area contributed by atoms with Gasteiger partial charge in [-0.2, -0.15) is 0 Å². The summed E-state index contributed by atoms with van der Waals surface area (Å²) < 4.78 is 0. The summed E-state index contributed by atoms with van der Waals surface area (Å²) in [5, 5.41) is 0. The first-order chi connectivity index (χ1) is 4.84. The van der Waals surface area contributed by atoms with Gasteiger partial charge in [-0.3, -0.25) is 4.98 Å². The molecule has 3 heteroatoms. The lowest BCUT2D eigenvalue weighted by Gasteiger charge is -1.94. The molecule has 0 aliphatic carbocycles. The zero-order chi connectivity index (χ0) is 7.40. The fraction of sp³-hybridized carbons (Fsp3) is 0.286. The molecule has 0 saturated heterocycles. The summed E-state index contributed by atoms with van der Waals surface area (Å²) in [5.41, 5.74) is 0.734. The van der Waals surface area contributed by atoms with Gasteiger partial charge >= 0.3 is 0 Å². The maximum atomic E-state index is 6.70. The average Bonchev–Trinajstić information content (AvgIpc) is 2.05. The average molecular weight is 133 g/mol. The van der Waals surface area contributed by atoms with Crippen molar-refractivity contribution in [1.82, 2.24) is 9.97 Å². The van der Waals surface area contributed by atoms with Crippen molar-refractivity contribution < 1.29 is 0 Å². The molecule has 0 aliphatic heterocycles. The van der Waals surface area contributed by atoms with Crippen LogP contribution in [-0.4, -0.2) is 9.97 Å². The second kappa shape index (κ2) is 2.92. The Morgan fingerprint density at radius 2 is 2.40 bits per heavy atom. The molecule has 0 spiro atoms. The first-order valence-corrected chi connectivity index (χ1v) is 2.97. The molecule has 0 fully saturated rings. The van der Waals surface area contributed by atoms with Gasteiger partial charge in [-0.1, -0.05) is 0 Å². The third-order valence-corrected chi connectivity index (χ3v) is 1.20. The van der Waals surface area contributed by atoms with Crippen LogP contribution in [0.5, 0.6) is 0 Å². The Bertz CT molecular complexity index is 237. The van der Waals surface area contributed by atoms with E-state index in [-0.39, 0.29) is 6.04 Å². The predicted molar refractivity (Wildman–Crippen MR) is 37.0 cm³/mol. The van der Waals surface area contributed by atoms with E-state index in [2.05, 4.69) is 14.8 Å². The zero-order valence-electron chi connectivity index (χ0n) is 5.65. The summed E-state index contributed by atoms with van der Waals surface area (Å²) >= 11 is 0. The van der Waals surface area contributed by atoms with Crippen molar-refractivity contribution in [3.05, 3.63) is 35.7 Å². The summed E-state index contributed by atoms with van der Waals surface area (Å²) in [5.74, 6) is 0. The van der Waals surface area contributed by atoms with Crippen LogP contribution in [0, 0.1) is 6.57 Å². The van der Waals surface area contributed by atoms with Gasteiger partial charge in [0.25, 0.3) is 6.04 Å². The molecule has 1 aromatic heterocycles. The summed E-state index contributed by atoms with van der Waals surface area (Å²) in [6.45, 7) is 8.51. The van der Waals surface area contributed by atoms with Crippen molar-refractivity contribution in [2.24, 2.45) is 0 Å². The first kappa shape index (κ1) is 6.69. The second-order valence-electron chi connectivity index (χ2n) is 1.94. The lowest BCUT2D eigenvalue weighted by molar-refractivity contribution is 0.884.